The Balaban J connectivity index is 1.67. The summed E-state index contributed by atoms with van der Waals surface area (Å²) in [7, 11) is -1.92. The standard InChI is InChI=1S/C21H25FN2O3S/c1-23-28(26,27)15-17-6-4-16(5-7-17)14-24-20(25)21(12-2-3-13-21)18-8-10-19(22)11-9-18/h4-11,23H,2-3,12-15H2,1H3,(H,24,25). The molecule has 0 spiro atoms. The van der Waals surface area contributed by atoms with E-state index < -0.39 is 15.4 Å². The average Bonchev–Trinajstić information content (AvgIpc) is 3.19. The molecule has 0 saturated heterocycles. The Labute approximate surface area is 165 Å². The lowest BCUT2D eigenvalue weighted by atomic mass is 9.78. The topological polar surface area (TPSA) is 75.3 Å². The van der Waals surface area contributed by atoms with E-state index in [4.69, 9.17) is 0 Å². The zero-order chi connectivity index (χ0) is 20.2. The van der Waals surface area contributed by atoms with Crippen LogP contribution in [0.15, 0.2) is 48.5 Å². The lowest BCUT2D eigenvalue weighted by molar-refractivity contribution is -0.126. The molecule has 1 aliphatic carbocycles. The lowest BCUT2D eigenvalue weighted by Gasteiger charge is -2.28. The summed E-state index contributed by atoms with van der Waals surface area (Å²) in [5, 5.41) is 3.01. The highest BCUT2D eigenvalue weighted by molar-refractivity contribution is 7.88. The van der Waals surface area contributed by atoms with E-state index in [1.165, 1.54) is 19.2 Å². The van der Waals surface area contributed by atoms with Gasteiger partial charge in [-0.25, -0.2) is 17.5 Å². The quantitative estimate of drug-likeness (QED) is 0.745. The van der Waals surface area contributed by atoms with Gasteiger partial charge in [0.1, 0.15) is 5.82 Å². The summed E-state index contributed by atoms with van der Waals surface area (Å²) in [5.74, 6) is -0.430. The second-order valence-corrected chi connectivity index (χ2v) is 9.18. The minimum absolute atomic E-state index is 0.0431. The molecule has 2 aromatic rings. The average molecular weight is 405 g/mol. The number of amides is 1. The molecular formula is C21H25FN2O3S. The van der Waals surface area contributed by atoms with Crippen LogP contribution < -0.4 is 10.0 Å². The summed E-state index contributed by atoms with van der Waals surface area (Å²) in [6.45, 7) is 0.362. The van der Waals surface area contributed by atoms with Gasteiger partial charge in [0.15, 0.2) is 0 Å². The van der Waals surface area contributed by atoms with E-state index in [9.17, 15) is 17.6 Å². The van der Waals surface area contributed by atoms with Crippen LogP contribution in [0.2, 0.25) is 0 Å². The molecule has 1 fully saturated rings. The largest absolute Gasteiger partial charge is 0.351 e. The van der Waals surface area contributed by atoms with Crippen molar-refractivity contribution in [2.75, 3.05) is 7.05 Å². The fraction of sp³-hybridized carbons (Fsp3) is 0.381. The van der Waals surface area contributed by atoms with E-state index in [2.05, 4.69) is 10.0 Å². The van der Waals surface area contributed by atoms with Crippen LogP contribution in [0.4, 0.5) is 4.39 Å². The Morgan fingerprint density at radius 2 is 1.57 bits per heavy atom. The number of sulfonamides is 1. The second kappa shape index (κ2) is 8.41. The first-order valence-electron chi connectivity index (χ1n) is 9.38. The molecule has 5 nitrogen and oxygen atoms in total. The molecule has 2 N–H and O–H groups in total. The van der Waals surface area contributed by atoms with Crippen LogP contribution in [0.25, 0.3) is 0 Å². The molecule has 1 aliphatic rings. The number of hydrogen-bond donors (Lipinski definition) is 2. The summed E-state index contributed by atoms with van der Waals surface area (Å²) < 4.78 is 38.8. The summed E-state index contributed by atoms with van der Waals surface area (Å²) in [4.78, 5) is 13.0. The van der Waals surface area contributed by atoms with Crippen molar-refractivity contribution in [1.29, 1.82) is 0 Å². The monoisotopic (exact) mass is 404 g/mol. The highest BCUT2D eigenvalue weighted by Gasteiger charge is 2.42. The first-order chi connectivity index (χ1) is 13.3. The normalized spacial score (nSPS) is 16.1. The molecule has 1 amide bonds. The Bertz CT molecular complexity index is 919. The van der Waals surface area contributed by atoms with Crippen LogP contribution in [-0.4, -0.2) is 21.4 Å². The van der Waals surface area contributed by atoms with Crippen molar-refractivity contribution >= 4 is 15.9 Å². The third kappa shape index (κ3) is 4.59. The van der Waals surface area contributed by atoms with Gasteiger partial charge in [-0.2, -0.15) is 0 Å². The van der Waals surface area contributed by atoms with E-state index in [-0.39, 0.29) is 17.5 Å². The first kappa shape index (κ1) is 20.5. The van der Waals surface area contributed by atoms with E-state index >= 15 is 0 Å². The fourth-order valence-electron chi connectivity index (χ4n) is 3.79. The maximum Gasteiger partial charge on any atom is 0.230 e. The molecule has 2 aromatic carbocycles. The van der Waals surface area contributed by atoms with Gasteiger partial charge in [-0.1, -0.05) is 49.2 Å². The molecule has 0 aliphatic heterocycles. The van der Waals surface area contributed by atoms with Crippen LogP contribution in [0.3, 0.4) is 0 Å². The minimum Gasteiger partial charge on any atom is -0.351 e. The second-order valence-electron chi connectivity index (χ2n) is 7.26. The number of rotatable bonds is 7. The zero-order valence-electron chi connectivity index (χ0n) is 15.9. The number of carbonyl (C=O) groups excluding carboxylic acids is 1. The number of carbonyl (C=O) groups is 1. The van der Waals surface area contributed by atoms with Crippen molar-refractivity contribution in [3.05, 3.63) is 71.0 Å². The van der Waals surface area contributed by atoms with Crippen LogP contribution in [-0.2, 0) is 32.5 Å². The van der Waals surface area contributed by atoms with Crippen LogP contribution >= 0.6 is 0 Å². The first-order valence-corrected chi connectivity index (χ1v) is 11.0. The Kier molecular flexibility index (Phi) is 6.15. The zero-order valence-corrected chi connectivity index (χ0v) is 16.7. The van der Waals surface area contributed by atoms with E-state index in [1.807, 2.05) is 12.1 Å². The molecule has 7 heteroatoms. The molecule has 28 heavy (non-hydrogen) atoms. The van der Waals surface area contributed by atoms with Gasteiger partial charge < -0.3 is 5.32 Å². The van der Waals surface area contributed by atoms with Crippen LogP contribution in [0.1, 0.15) is 42.4 Å². The molecule has 150 valence electrons. The molecule has 0 radical (unpaired) electrons. The highest BCUT2D eigenvalue weighted by atomic mass is 32.2. The number of hydrogen-bond acceptors (Lipinski definition) is 3. The van der Waals surface area contributed by atoms with Gasteiger partial charge in [0, 0.05) is 6.54 Å². The predicted molar refractivity (Wildman–Crippen MR) is 107 cm³/mol. The maximum absolute atomic E-state index is 13.3. The van der Waals surface area contributed by atoms with E-state index in [1.54, 1.807) is 24.3 Å². The van der Waals surface area contributed by atoms with Crippen molar-refractivity contribution in [3.63, 3.8) is 0 Å². The van der Waals surface area contributed by atoms with Gasteiger partial charge in [-0.3, -0.25) is 4.79 Å². The van der Waals surface area contributed by atoms with Crippen molar-refractivity contribution in [2.45, 2.75) is 43.4 Å². The summed E-state index contributed by atoms with van der Waals surface area (Å²) >= 11 is 0. The molecule has 0 unspecified atom stereocenters. The number of benzene rings is 2. The van der Waals surface area contributed by atoms with Gasteiger partial charge in [0.05, 0.1) is 11.2 Å². The lowest BCUT2D eigenvalue weighted by Crippen LogP contribution is -2.42. The molecule has 0 atom stereocenters. The summed E-state index contributed by atoms with van der Waals surface area (Å²) in [5.41, 5.74) is 1.83. The van der Waals surface area contributed by atoms with Gasteiger partial charge in [0.2, 0.25) is 15.9 Å². The Morgan fingerprint density at radius 1 is 1.00 bits per heavy atom. The molecule has 0 bridgehead atoms. The molecule has 1 saturated carbocycles. The van der Waals surface area contributed by atoms with E-state index in [0.29, 0.717) is 12.1 Å². The van der Waals surface area contributed by atoms with E-state index in [0.717, 1.165) is 36.8 Å². The van der Waals surface area contributed by atoms with Crippen LogP contribution in [0, 0.1) is 5.82 Å². The Hall–Kier alpha value is -2.25. The van der Waals surface area contributed by atoms with Crippen LogP contribution in [0.5, 0.6) is 0 Å². The number of nitrogens with one attached hydrogen (secondary N) is 2. The van der Waals surface area contributed by atoms with Crippen molar-refractivity contribution < 1.29 is 17.6 Å². The molecule has 0 aromatic heterocycles. The predicted octanol–water partition coefficient (Wildman–Crippen LogP) is 3.00. The third-order valence-corrected chi connectivity index (χ3v) is 6.77. The van der Waals surface area contributed by atoms with Crippen molar-refractivity contribution in [3.8, 4) is 0 Å². The third-order valence-electron chi connectivity index (χ3n) is 5.43. The number of halogens is 1. The SMILES string of the molecule is CNS(=O)(=O)Cc1ccc(CNC(=O)C2(c3ccc(F)cc3)CCCC2)cc1. The van der Waals surface area contributed by atoms with Gasteiger partial charge in [0.25, 0.3) is 0 Å². The van der Waals surface area contributed by atoms with Gasteiger partial charge in [-0.05, 0) is 48.7 Å². The smallest absolute Gasteiger partial charge is 0.230 e. The van der Waals surface area contributed by atoms with Crippen molar-refractivity contribution in [1.82, 2.24) is 10.0 Å². The van der Waals surface area contributed by atoms with Gasteiger partial charge >= 0.3 is 0 Å². The Morgan fingerprint density at radius 3 is 2.14 bits per heavy atom. The van der Waals surface area contributed by atoms with Gasteiger partial charge in [-0.15, -0.1) is 0 Å². The van der Waals surface area contributed by atoms with Crippen molar-refractivity contribution in [2.24, 2.45) is 0 Å². The minimum atomic E-state index is -3.31. The fourth-order valence-corrected chi connectivity index (χ4v) is 4.57. The molecule has 3 rings (SSSR count). The highest BCUT2D eigenvalue weighted by Crippen LogP contribution is 2.41. The molecular weight excluding hydrogens is 379 g/mol. The summed E-state index contributed by atoms with van der Waals surface area (Å²) in [6, 6.07) is 13.4. The maximum atomic E-state index is 13.3. The summed E-state index contributed by atoms with van der Waals surface area (Å²) in [6.07, 6.45) is 3.45. The molecule has 0 heterocycles.